The summed E-state index contributed by atoms with van der Waals surface area (Å²) in [6.07, 6.45) is 6.01. The average molecular weight is 320 g/mol. The minimum Gasteiger partial charge on any atom is -0.381 e. The van der Waals surface area contributed by atoms with Crippen molar-refractivity contribution in [2.24, 2.45) is 0 Å². The summed E-state index contributed by atoms with van der Waals surface area (Å²) in [6, 6.07) is 1.54. The van der Waals surface area contributed by atoms with Gasteiger partial charge in [-0.15, -0.1) is 0 Å². The van der Waals surface area contributed by atoms with Crippen LogP contribution in [0.1, 0.15) is 35.6 Å². The molecule has 0 aliphatic rings. The van der Waals surface area contributed by atoms with Gasteiger partial charge in [0.2, 0.25) is 5.78 Å². The van der Waals surface area contributed by atoms with E-state index in [0.29, 0.717) is 12.2 Å². The Bertz CT molecular complexity index is 792. The van der Waals surface area contributed by atoms with Crippen LogP contribution < -0.4 is 11.1 Å². The highest BCUT2D eigenvalue weighted by atomic mass is 35.5. The molecule has 3 heterocycles. The van der Waals surface area contributed by atoms with Gasteiger partial charge in [-0.3, -0.25) is 14.3 Å². The number of nitrogens with two attached hydrogens (primary N) is 1. The minimum atomic E-state index is -0.383. The number of fused-ring (bicyclic) bond motifs is 1. The van der Waals surface area contributed by atoms with Crippen LogP contribution in [0, 0.1) is 0 Å². The number of rotatable bonds is 4. The van der Waals surface area contributed by atoms with Gasteiger partial charge in [0.15, 0.2) is 5.82 Å². The average Bonchev–Trinajstić information content (AvgIpc) is 3.09. The Morgan fingerprint density at radius 2 is 2.41 bits per heavy atom. The van der Waals surface area contributed by atoms with E-state index in [4.69, 9.17) is 17.3 Å². The highest BCUT2D eigenvalue weighted by Gasteiger charge is 2.21. The quantitative estimate of drug-likeness (QED) is 0.675. The number of imidazole rings is 1. The number of aromatic nitrogens is 5. The van der Waals surface area contributed by atoms with Crippen molar-refractivity contribution in [2.75, 3.05) is 5.73 Å². The highest BCUT2D eigenvalue weighted by Crippen LogP contribution is 2.22. The van der Waals surface area contributed by atoms with Gasteiger partial charge in [0, 0.05) is 18.6 Å². The number of nitrogens with one attached hydrogen (secondary N) is 2. The third-order valence-corrected chi connectivity index (χ3v) is 3.67. The highest BCUT2D eigenvalue weighted by molar-refractivity contribution is 6.35. The normalized spacial score (nSPS) is 12.5. The molecule has 0 fully saturated rings. The van der Waals surface area contributed by atoms with E-state index in [0.717, 1.165) is 5.69 Å². The summed E-state index contributed by atoms with van der Waals surface area (Å²) in [5.74, 6) is 0.289. The summed E-state index contributed by atoms with van der Waals surface area (Å²) in [6.45, 7) is 1.95. The van der Waals surface area contributed by atoms with E-state index in [1.54, 1.807) is 10.6 Å². The molecule has 1 atom stereocenters. The number of anilines is 1. The van der Waals surface area contributed by atoms with Crippen molar-refractivity contribution < 1.29 is 4.79 Å². The number of carbonyl (C=O) groups excluding carboxylic acids is 1. The molecule has 0 unspecified atom stereocenters. The van der Waals surface area contributed by atoms with Gasteiger partial charge >= 0.3 is 0 Å². The minimum absolute atomic E-state index is 0.0943. The first-order valence-corrected chi connectivity index (χ1v) is 7.07. The molecule has 3 aromatic heterocycles. The van der Waals surface area contributed by atoms with E-state index < -0.39 is 0 Å². The lowest BCUT2D eigenvalue weighted by atomic mass is 10.1. The molecule has 0 spiro atoms. The van der Waals surface area contributed by atoms with Gasteiger partial charge in [0.25, 0.3) is 5.91 Å². The zero-order valence-corrected chi connectivity index (χ0v) is 12.5. The van der Waals surface area contributed by atoms with Crippen molar-refractivity contribution in [3.8, 4) is 0 Å². The van der Waals surface area contributed by atoms with E-state index in [9.17, 15) is 4.79 Å². The van der Waals surface area contributed by atoms with Crippen LogP contribution in [0.5, 0.6) is 0 Å². The number of aromatic amines is 1. The molecule has 0 aromatic carbocycles. The molecule has 0 radical (unpaired) electrons. The van der Waals surface area contributed by atoms with Crippen LogP contribution in [0.3, 0.4) is 0 Å². The first-order valence-electron chi connectivity index (χ1n) is 6.70. The molecule has 9 heteroatoms. The Labute approximate surface area is 130 Å². The molecule has 3 rings (SSSR count). The molecule has 8 nitrogen and oxygen atoms in total. The van der Waals surface area contributed by atoms with E-state index in [2.05, 4.69) is 25.5 Å². The van der Waals surface area contributed by atoms with Crippen molar-refractivity contribution in [1.29, 1.82) is 0 Å². The topological polar surface area (TPSA) is 114 Å². The summed E-state index contributed by atoms with van der Waals surface area (Å²) in [5, 5.41) is 9.21. The predicted molar refractivity (Wildman–Crippen MR) is 81.5 cm³/mol. The van der Waals surface area contributed by atoms with E-state index in [1.165, 1.54) is 0 Å². The SMILES string of the molecule is CC[C@H](NC(=O)c1[nH]nc(N)c1Cl)c1cn2cccnc2n1. The van der Waals surface area contributed by atoms with Gasteiger partial charge in [-0.25, -0.2) is 9.97 Å². The Kier molecular flexibility index (Phi) is 3.68. The number of carbonyl (C=O) groups is 1. The van der Waals surface area contributed by atoms with Crippen LogP contribution in [0.4, 0.5) is 5.82 Å². The van der Waals surface area contributed by atoms with Crippen LogP contribution in [0.2, 0.25) is 5.02 Å². The maximum absolute atomic E-state index is 12.3. The first-order chi connectivity index (χ1) is 10.6. The molecule has 0 saturated heterocycles. The van der Waals surface area contributed by atoms with Crippen molar-refractivity contribution in [3.05, 3.63) is 41.1 Å². The van der Waals surface area contributed by atoms with Gasteiger partial charge in [-0.1, -0.05) is 18.5 Å². The number of hydrogen-bond acceptors (Lipinski definition) is 5. The summed E-state index contributed by atoms with van der Waals surface area (Å²) < 4.78 is 1.80. The summed E-state index contributed by atoms with van der Waals surface area (Å²) in [4.78, 5) is 20.8. The summed E-state index contributed by atoms with van der Waals surface area (Å²) in [5.41, 5.74) is 6.38. The Hall–Kier alpha value is -2.61. The van der Waals surface area contributed by atoms with Gasteiger partial charge in [-0.05, 0) is 12.5 Å². The molecule has 1 amide bonds. The lowest BCUT2D eigenvalue weighted by molar-refractivity contribution is 0.0930. The second kappa shape index (κ2) is 5.64. The van der Waals surface area contributed by atoms with Crippen LogP contribution >= 0.6 is 11.6 Å². The maximum Gasteiger partial charge on any atom is 0.271 e. The molecule has 0 aliphatic carbocycles. The number of nitrogens with zero attached hydrogens (tertiary/aromatic N) is 4. The number of amides is 1. The Morgan fingerprint density at radius 3 is 3.05 bits per heavy atom. The van der Waals surface area contributed by atoms with Crippen molar-refractivity contribution in [1.82, 2.24) is 29.9 Å². The summed E-state index contributed by atoms with van der Waals surface area (Å²) in [7, 11) is 0. The molecule has 22 heavy (non-hydrogen) atoms. The molecule has 0 aliphatic heterocycles. The number of H-pyrrole nitrogens is 1. The fourth-order valence-electron chi connectivity index (χ4n) is 2.12. The third kappa shape index (κ3) is 2.48. The second-order valence-electron chi connectivity index (χ2n) is 4.72. The lowest BCUT2D eigenvalue weighted by Crippen LogP contribution is -2.29. The van der Waals surface area contributed by atoms with Gasteiger partial charge < -0.3 is 11.1 Å². The largest absolute Gasteiger partial charge is 0.381 e. The fraction of sp³-hybridized carbons (Fsp3) is 0.231. The van der Waals surface area contributed by atoms with Crippen molar-refractivity contribution >= 4 is 29.1 Å². The third-order valence-electron chi connectivity index (χ3n) is 3.28. The number of hydrogen-bond donors (Lipinski definition) is 3. The molecule has 114 valence electrons. The van der Waals surface area contributed by atoms with Crippen molar-refractivity contribution in [2.45, 2.75) is 19.4 Å². The van der Waals surface area contributed by atoms with Crippen LogP contribution in [0.15, 0.2) is 24.7 Å². The molecular weight excluding hydrogens is 306 g/mol. The molecule has 0 bridgehead atoms. The first kappa shape index (κ1) is 14.3. The second-order valence-corrected chi connectivity index (χ2v) is 5.10. The monoisotopic (exact) mass is 319 g/mol. The van der Waals surface area contributed by atoms with Gasteiger partial charge in [0.1, 0.15) is 10.7 Å². The molecular formula is C13H14ClN7O. The maximum atomic E-state index is 12.3. The Morgan fingerprint density at radius 1 is 1.59 bits per heavy atom. The standard InChI is InChI=1S/C13H14ClN7O/c1-2-7(8-6-21-5-3-4-16-13(21)18-8)17-12(22)10-9(14)11(15)20-19-10/h3-7H,2H2,1H3,(H,17,22)(H3,15,19,20)/t7-/m0/s1. The molecule has 0 saturated carbocycles. The fourth-order valence-corrected chi connectivity index (χ4v) is 2.30. The smallest absolute Gasteiger partial charge is 0.271 e. The zero-order valence-electron chi connectivity index (χ0n) is 11.7. The molecule has 3 aromatic rings. The predicted octanol–water partition coefficient (Wildman–Crippen LogP) is 1.57. The van der Waals surface area contributed by atoms with E-state index in [1.807, 2.05) is 25.4 Å². The van der Waals surface area contributed by atoms with E-state index in [-0.39, 0.29) is 28.5 Å². The molecule has 4 N–H and O–H groups in total. The van der Waals surface area contributed by atoms with Gasteiger partial charge in [-0.2, -0.15) is 5.10 Å². The zero-order chi connectivity index (χ0) is 15.7. The summed E-state index contributed by atoms with van der Waals surface area (Å²) >= 11 is 5.93. The number of nitrogen functional groups attached to an aromatic ring is 1. The van der Waals surface area contributed by atoms with E-state index >= 15 is 0 Å². The van der Waals surface area contributed by atoms with Crippen molar-refractivity contribution in [3.63, 3.8) is 0 Å². The lowest BCUT2D eigenvalue weighted by Gasteiger charge is -2.13. The van der Waals surface area contributed by atoms with Crippen LogP contribution in [0.25, 0.3) is 5.78 Å². The Balaban J connectivity index is 1.85. The van der Waals surface area contributed by atoms with Crippen LogP contribution in [-0.2, 0) is 0 Å². The van der Waals surface area contributed by atoms with Gasteiger partial charge in [0.05, 0.1) is 11.7 Å². The van der Waals surface area contributed by atoms with Crippen LogP contribution in [-0.4, -0.2) is 30.5 Å². The number of halogens is 1.